The Hall–Kier alpha value is -2.18. The fourth-order valence-corrected chi connectivity index (χ4v) is 7.44. The van der Waals surface area contributed by atoms with E-state index < -0.39 is 7.44 Å². The van der Waals surface area contributed by atoms with Crippen LogP contribution in [-0.4, -0.2) is 29.7 Å². The standard InChI is InChI=1S/C23H31N4O2PS/c1-5-25-30(29,26-6-2)21(15-24-20-12-7-16(3)27-17(20)4)23-14-13-22(31-23)18-8-10-19(28)11-9-18/h7-14,21,24,28H,5-6,15H2,1-4H3,(H2,25,26,29). The maximum absolute atomic E-state index is 14.0. The Labute approximate surface area is 188 Å². The van der Waals surface area contributed by atoms with Crippen LogP contribution in [0.2, 0.25) is 0 Å². The summed E-state index contributed by atoms with van der Waals surface area (Å²) >= 11 is 1.63. The molecule has 0 fully saturated rings. The van der Waals surface area contributed by atoms with Crippen molar-refractivity contribution in [3.05, 3.63) is 64.8 Å². The number of benzene rings is 1. The number of phenolic OH excluding ortho intramolecular Hbond substituents is 1. The van der Waals surface area contributed by atoms with Crippen molar-refractivity contribution < 1.29 is 9.67 Å². The number of hydrogen-bond acceptors (Lipinski definition) is 5. The van der Waals surface area contributed by atoms with Gasteiger partial charge in [-0.1, -0.05) is 13.8 Å². The maximum Gasteiger partial charge on any atom is 0.221 e. The molecule has 0 saturated heterocycles. The predicted octanol–water partition coefficient (Wildman–Crippen LogP) is 5.70. The fourth-order valence-electron chi connectivity index (χ4n) is 3.55. The van der Waals surface area contributed by atoms with E-state index in [0.717, 1.165) is 32.4 Å². The topological polar surface area (TPSA) is 86.3 Å². The van der Waals surface area contributed by atoms with Gasteiger partial charge in [0, 0.05) is 22.0 Å². The molecule has 166 valence electrons. The van der Waals surface area contributed by atoms with Gasteiger partial charge in [-0.15, -0.1) is 11.3 Å². The molecule has 2 aromatic heterocycles. The van der Waals surface area contributed by atoms with Gasteiger partial charge in [0.25, 0.3) is 0 Å². The second-order valence-corrected chi connectivity index (χ2v) is 11.1. The number of rotatable bonds is 10. The van der Waals surface area contributed by atoms with E-state index in [4.69, 9.17) is 0 Å². The zero-order chi connectivity index (χ0) is 22.4. The van der Waals surface area contributed by atoms with Gasteiger partial charge in [-0.25, -0.2) is 0 Å². The van der Waals surface area contributed by atoms with Crippen LogP contribution < -0.4 is 15.5 Å². The Morgan fingerprint density at radius 2 is 1.68 bits per heavy atom. The summed E-state index contributed by atoms with van der Waals surface area (Å²) in [5.41, 5.74) is 3.63. The minimum atomic E-state index is -2.91. The van der Waals surface area contributed by atoms with E-state index in [1.807, 2.05) is 52.0 Å². The van der Waals surface area contributed by atoms with Gasteiger partial charge in [-0.3, -0.25) is 19.7 Å². The highest BCUT2D eigenvalue weighted by atomic mass is 32.1. The highest BCUT2D eigenvalue weighted by Crippen LogP contribution is 2.54. The van der Waals surface area contributed by atoms with Gasteiger partial charge in [0.1, 0.15) is 5.75 Å². The lowest BCUT2D eigenvalue weighted by atomic mass is 10.2. The number of anilines is 1. The van der Waals surface area contributed by atoms with Gasteiger partial charge in [-0.05, 0) is 81.0 Å². The molecule has 0 saturated carbocycles. The van der Waals surface area contributed by atoms with Crippen LogP contribution in [0.1, 0.15) is 35.8 Å². The van der Waals surface area contributed by atoms with Crippen LogP contribution in [0.5, 0.6) is 5.75 Å². The van der Waals surface area contributed by atoms with Crippen molar-refractivity contribution in [3.8, 4) is 16.2 Å². The van der Waals surface area contributed by atoms with Gasteiger partial charge < -0.3 is 10.4 Å². The van der Waals surface area contributed by atoms with Crippen molar-refractivity contribution >= 4 is 24.5 Å². The molecule has 6 nitrogen and oxygen atoms in total. The third kappa shape index (κ3) is 5.74. The lowest BCUT2D eigenvalue weighted by molar-refractivity contribution is 0.475. The Balaban J connectivity index is 1.93. The Kier molecular flexibility index (Phi) is 7.89. The second-order valence-electron chi connectivity index (χ2n) is 7.41. The first-order valence-corrected chi connectivity index (χ1v) is 13.1. The van der Waals surface area contributed by atoms with Crippen molar-refractivity contribution in [1.29, 1.82) is 0 Å². The Morgan fingerprint density at radius 3 is 2.29 bits per heavy atom. The maximum atomic E-state index is 14.0. The van der Waals surface area contributed by atoms with Crippen molar-refractivity contribution in [3.63, 3.8) is 0 Å². The van der Waals surface area contributed by atoms with E-state index >= 15 is 0 Å². The molecule has 3 rings (SSSR count). The summed E-state index contributed by atoms with van der Waals surface area (Å²) in [6, 6.07) is 15.3. The van der Waals surface area contributed by atoms with Gasteiger partial charge in [0.2, 0.25) is 7.44 Å². The minimum absolute atomic E-state index is 0.244. The van der Waals surface area contributed by atoms with Crippen LogP contribution in [0.4, 0.5) is 5.69 Å². The van der Waals surface area contributed by atoms with E-state index in [-0.39, 0.29) is 11.4 Å². The third-order valence-corrected chi connectivity index (χ3v) is 9.38. The lowest BCUT2D eigenvalue weighted by Crippen LogP contribution is -2.29. The first-order chi connectivity index (χ1) is 14.9. The first kappa shape index (κ1) is 23.5. The Bertz CT molecular complexity index is 1040. The fraction of sp³-hybridized carbons (Fsp3) is 0.348. The number of phenols is 1. The highest BCUT2D eigenvalue weighted by molar-refractivity contribution is 7.60. The number of nitrogens with one attached hydrogen (secondary N) is 3. The molecule has 0 aliphatic rings. The molecule has 0 bridgehead atoms. The first-order valence-electron chi connectivity index (χ1n) is 10.5. The second kappa shape index (κ2) is 10.4. The molecule has 0 aliphatic heterocycles. The molecule has 1 aromatic carbocycles. The molecule has 0 spiro atoms. The molecule has 1 atom stereocenters. The molecule has 2 heterocycles. The van der Waals surface area contributed by atoms with Gasteiger partial charge in [-0.2, -0.15) is 0 Å². The molecule has 31 heavy (non-hydrogen) atoms. The summed E-state index contributed by atoms with van der Waals surface area (Å²) in [4.78, 5) is 6.65. The minimum Gasteiger partial charge on any atom is -0.508 e. The molecule has 1 unspecified atom stereocenters. The average Bonchev–Trinajstić information content (AvgIpc) is 3.20. The number of pyridine rings is 1. The molecule has 8 heteroatoms. The molecule has 0 amide bonds. The predicted molar refractivity (Wildman–Crippen MR) is 131 cm³/mol. The highest BCUT2D eigenvalue weighted by Gasteiger charge is 2.34. The van der Waals surface area contributed by atoms with Gasteiger partial charge in [0.05, 0.1) is 17.0 Å². The molecular weight excluding hydrogens is 427 g/mol. The van der Waals surface area contributed by atoms with E-state index in [0.29, 0.717) is 19.6 Å². The van der Waals surface area contributed by atoms with Crippen molar-refractivity contribution in [2.24, 2.45) is 0 Å². The molecule has 3 aromatic rings. The van der Waals surface area contributed by atoms with Gasteiger partial charge in [0.15, 0.2) is 0 Å². The number of hydrogen-bond donors (Lipinski definition) is 4. The van der Waals surface area contributed by atoms with E-state index in [1.165, 1.54) is 0 Å². The molecule has 0 aliphatic carbocycles. The number of aromatic hydroxyl groups is 1. The van der Waals surface area contributed by atoms with E-state index in [1.54, 1.807) is 23.5 Å². The van der Waals surface area contributed by atoms with Crippen molar-refractivity contribution in [2.75, 3.05) is 25.0 Å². The number of aromatic nitrogens is 1. The molecule has 0 radical (unpaired) electrons. The summed E-state index contributed by atoms with van der Waals surface area (Å²) < 4.78 is 14.0. The van der Waals surface area contributed by atoms with E-state index in [2.05, 4.69) is 32.6 Å². The normalized spacial score (nSPS) is 12.6. The smallest absolute Gasteiger partial charge is 0.221 e. The third-order valence-electron chi connectivity index (χ3n) is 5.04. The van der Waals surface area contributed by atoms with Crippen LogP contribution in [-0.2, 0) is 4.57 Å². The summed E-state index contributed by atoms with van der Waals surface area (Å²) in [5.74, 6) is 0.244. The van der Waals surface area contributed by atoms with Crippen LogP contribution in [0.15, 0.2) is 48.5 Å². The zero-order valence-electron chi connectivity index (χ0n) is 18.5. The zero-order valence-corrected chi connectivity index (χ0v) is 20.2. The quantitative estimate of drug-likeness (QED) is 0.292. The van der Waals surface area contributed by atoms with Crippen LogP contribution in [0.3, 0.4) is 0 Å². The van der Waals surface area contributed by atoms with Gasteiger partial charge >= 0.3 is 0 Å². The summed E-state index contributed by atoms with van der Waals surface area (Å²) in [5, 5.41) is 19.5. The SMILES string of the molecule is CCNP(=O)(NCC)C(CNc1ccc(C)nc1C)c1ccc(-c2ccc(O)cc2)s1. The van der Waals surface area contributed by atoms with Crippen LogP contribution in [0.25, 0.3) is 10.4 Å². The monoisotopic (exact) mass is 458 g/mol. The van der Waals surface area contributed by atoms with Crippen molar-refractivity contribution in [2.45, 2.75) is 33.4 Å². The van der Waals surface area contributed by atoms with Crippen LogP contribution in [0, 0.1) is 13.8 Å². The summed E-state index contributed by atoms with van der Waals surface area (Å²) in [6.07, 6.45) is 0. The average molecular weight is 459 g/mol. The summed E-state index contributed by atoms with van der Waals surface area (Å²) in [7, 11) is -2.91. The van der Waals surface area contributed by atoms with Crippen LogP contribution >= 0.6 is 18.8 Å². The molecule has 4 N–H and O–H groups in total. The number of nitrogens with zero attached hydrogens (tertiary/aromatic N) is 1. The Morgan fingerprint density at radius 1 is 1.00 bits per heavy atom. The summed E-state index contributed by atoms with van der Waals surface area (Å²) in [6.45, 7) is 9.63. The lowest BCUT2D eigenvalue weighted by Gasteiger charge is -2.28. The van der Waals surface area contributed by atoms with Crippen molar-refractivity contribution in [1.82, 2.24) is 15.2 Å². The van der Waals surface area contributed by atoms with E-state index in [9.17, 15) is 9.67 Å². The number of thiophene rings is 1. The number of aryl methyl sites for hydroxylation is 2. The largest absolute Gasteiger partial charge is 0.508 e. The molecular formula is C23H31N4O2PS.